The van der Waals surface area contributed by atoms with Crippen LogP contribution in [0, 0.1) is 23.7 Å². The smallest absolute Gasteiger partial charge is 0.322 e. The van der Waals surface area contributed by atoms with Crippen LogP contribution in [0.3, 0.4) is 0 Å². The van der Waals surface area contributed by atoms with E-state index in [0.29, 0.717) is 75.6 Å². The number of carbonyl (C=O) groups excluding carboxylic acids is 10. The Hall–Kier alpha value is -8.01. The van der Waals surface area contributed by atoms with Gasteiger partial charge in [-0.15, -0.1) is 0 Å². The Balaban J connectivity index is 1.64. The molecule has 0 saturated carbocycles. The van der Waals surface area contributed by atoms with Crippen molar-refractivity contribution in [2.75, 3.05) is 32.7 Å². The molecular formula is C69H111N15O12. The highest BCUT2D eigenvalue weighted by atomic mass is 16.4. The molecule has 2 heterocycles. The minimum Gasteiger partial charge on any atom is -0.480 e. The lowest BCUT2D eigenvalue weighted by Gasteiger charge is -2.29. The van der Waals surface area contributed by atoms with E-state index >= 15 is 0 Å². The van der Waals surface area contributed by atoms with Crippen LogP contribution in [-0.4, -0.2) is 168 Å². The number of nitrogens with one attached hydrogen (secondary N) is 12. The van der Waals surface area contributed by atoms with E-state index in [2.05, 4.69) is 63.5 Å². The molecule has 10 amide bonds. The van der Waals surface area contributed by atoms with E-state index in [1.54, 1.807) is 50.4 Å². The van der Waals surface area contributed by atoms with Gasteiger partial charge in [-0.05, 0) is 157 Å². The highest BCUT2D eigenvalue weighted by Gasteiger charge is 2.38. The molecule has 534 valence electrons. The van der Waals surface area contributed by atoms with Gasteiger partial charge in [-0.25, -0.2) is 0 Å². The van der Waals surface area contributed by atoms with Gasteiger partial charge >= 0.3 is 5.97 Å². The molecule has 0 unspecified atom stereocenters. The number of aliphatic carboxylic acids is 1. The average Bonchev–Trinajstić information content (AvgIpc) is 1.64. The fraction of sp³-hybridized carbons (Fsp3) is 0.638. The van der Waals surface area contributed by atoms with Crippen LogP contribution < -0.4 is 75.7 Å². The SMILES string of the molecule is CC[C@H](C)[C@H](NC(=O)[C@H](Cc1c[nH]c2ccccc12)NC(=O)[C@H](CCCCN)NC(=O)[C@H](CC(C)C)NC(=O)[C@H](Cc1ccccc1)NC(=O)[C@H](CCCCN)NC(=O)[C@H](CC(C)C)NC(=O)[C@H](CC(C)C)NC(=O)[C@H](CCCCN)NC(=O)[C@@H]1CCCN1)C(=O)NCC(=O)O. The number of aromatic nitrogens is 1. The van der Waals surface area contributed by atoms with Crippen molar-refractivity contribution < 1.29 is 57.8 Å². The summed E-state index contributed by atoms with van der Waals surface area (Å²) in [6.45, 7) is 15.6. The topological polar surface area (TPSA) is 434 Å². The maximum absolute atomic E-state index is 14.9. The zero-order valence-corrected chi connectivity index (χ0v) is 57.6. The van der Waals surface area contributed by atoms with Gasteiger partial charge in [0.1, 0.15) is 60.9 Å². The summed E-state index contributed by atoms with van der Waals surface area (Å²) in [7, 11) is 0. The van der Waals surface area contributed by atoms with Gasteiger partial charge in [0.15, 0.2) is 0 Å². The minimum atomic E-state index is -1.35. The van der Waals surface area contributed by atoms with Crippen molar-refractivity contribution >= 4 is 75.9 Å². The summed E-state index contributed by atoms with van der Waals surface area (Å²) in [5.41, 5.74) is 19.6. The first-order valence-corrected chi connectivity index (χ1v) is 34.4. The Morgan fingerprint density at radius 1 is 0.490 bits per heavy atom. The monoisotopic (exact) mass is 1340 g/mol. The van der Waals surface area contributed by atoms with Crippen LogP contribution >= 0.6 is 0 Å². The normalized spacial score (nSPS) is 16.1. The third kappa shape index (κ3) is 28.0. The molecule has 27 heteroatoms. The van der Waals surface area contributed by atoms with Crippen molar-refractivity contribution in [3.8, 4) is 0 Å². The number of hydrogen-bond donors (Lipinski definition) is 16. The second-order valence-corrected chi connectivity index (χ2v) is 26.6. The van der Waals surface area contributed by atoms with Crippen molar-refractivity contribution in [2.45, 2.75) is 225 Å². The highest BCUT2D eigenvalue weighted by Crippen LogP contribution is 2.21. The molecule has 3 aromatic rings. The number of rotatable bonds is 45. The second kappa shape index (κ2) is 42.5. The van der Waals surface area contributed by atoms with Gasteiger partial charge in [-0.1, -0.05) is 110 Å². The van der Waals surface area contributed by atoms with Crippen LogP contribution in [0.15, 0.2) is 60.8 Å². The first-order chi connectivity index (χ1) is 45.8. The number of para-hydroxylation sites is 1. The molecule has 11 atom stereocenters. The zero-order chi connectivity index (χ0) is 70.9. The number of unbranched alkanes of at least 4 members (excludes halogenated alkanes) is 3. The number of carboxylic acids is 1. The van der Waals surface area contributed by atoms with Crippen LogP contribution in [-0.2, 0) is 65.6 Å². The van der Waals surface area contributed by atoms with Gasteiger partial charge in [0.05, 0.1) is 6.04 Å². The van der Waals surface area contributed by atoms with Crippen LogP contribution in [0.2, 0.25) is 0 Å². The number of nitrogens with two attached hydrogens (primary N) is 3. The molecule has 1 aliphatic rings. The number of carbonyl (C=O) groups is 11. The fourth-order valence-corrected chi connectivity index (χ4v) is 11.5. The van der Waals surface area contributed by atoms with Gasteiger partial charge in [-0.2, -0.15) is 0 Å². The molecule has 0 radical (unpaired) electrons. The van der Waals surface area contributed by atoms with Gasteiger partial charge in [0, 0.05) is 29.9 Å². The molecule has 1 saturated heterocycles. The number of aromatic amines is 1. The average molecular weight is 1340 g/mol. The Morgan fingerprint density at radius 2 is 0.896 bits per heavy atom. The van der Waals surface area contributed by atoms with E-state index in [0.717, 1.165) is 17.3 Å². The summed E-state index contributed by atoms with van der Waals surface area (Å²) < 4.78 is 0. The first kappa shape index (κ1) is 80.4. The van der Waals surface area contributed by atoms with E-state index in [-0.39, 0.29) is 88.1 Å². The van der Waals surface area contributed by atoms with E-state index in [4.69, 9.17) is 17.2 Å². The molecule has 0 bridgehead atoms. The number of fused-ring (bicyclic) bond motifs is 1. The molecule has 96 heavy (non-hydrogen) atoms. The molecule has 1 fully saturated rings. The molecule has 0 aliphatic carbocycles. The summed E-state index contributed by atoms with van der Waals surface area (Å²) in [5.74, 6) is -8.88. The number of benzene rings is 2. The summed E-state index contributed by atoms with van der Waals surface area (Å²) >= 11 is 0. The lowest BCUT2D eigenvalue weighted by Crippen LogP contribution is -2.61. The largest absolute Gasteiger partial charge is 0.480 e. The molecule has 19 N–H and O–H groups in total. The van der Waals surface area contributed by atoms with Crippen LogP contribution in [0.1, 0.15) is 163 Å². The Bertz CT molecular complexity index is 2970. The van der Waals surface area contributed by atoms with Crippen LogP contribution in [0.5, 0.6) is 0 Å². The van der Waals surface area contributed by atoms with E-state index in [1.807, 2.05) is 65.8 Å². The third-order valence-corrected chi connectivity index (χ3v) is 17.0. The lowest BCUT2D eigenvalue weighted by molar-refractivity contribution is -0.139. The molecule has 1 aromatic heterocycles. The van der Waals surface area contributed by atoms with Crippen LogP contribution in [0.4, 0.5) is 0 Å². The van der Waals surface area contributed by atoms with E-state index in [9.17, 15) is 57.8 Å². The van der Waals surface area contributed by atoms with Crippen molar-refractivity contribution in [3.63, 3.8) is 0 Å². The van der Waals surface area contributed by atoms with Gasteiger partial charge in [-0.3, -0.25) is 52.7 Å². The molecule has 27 nitrogen and oxygen atoms in total. The Morgan fingerprint density at radius 3 is 1.33 bits per heavy atom. The summed E-state index contributed by atoms with van der Waals surface area (Å²) in [4.78, 5) is 158. The van der Waals surface area contributed by atoms with Gasteiger partial charge < -0.3 is 85.8 Å². The second-order valence-electron chi connectivity index (χ2n) is 26.6. The Labute approximate surface area is 565 Å². The Kier molecular flexibility index (Phi) is 35.6. The molecule has 2 aromatic carbocycles. The van der Waals surface area contributed by atoms with Crippen molar-refractivity contribution in [2.24, 2.45) is 40.9 Å². The molecule has 0 spiro atoms. The lowest BCUT2D eigenvalue weighted by atomic mass is 9.96. The van der Waals surface area contributed by atoms with Crippen molar-refractivity contribution in [1.82, 2.24) is 63.5 Å². The van der Waals surface area contributed by atoms with Gasteiger partial charge in [0.25, 0.3) is 0 Å². The molecule has 4 rings (SSSR count). The predicted molar refractivity (Wildman–Crippen MR) is 368 cm³/mol. The first-order valence-electron chi connectivity index (χ1n) is 34.4. The number of amides is 10. The van der Waals surface area contributed by atoms with Crippen molar-refractivity contribution in [1.29, 1.82) is 0 Å². The minimum absolute atomic E-state index is 0.0578. The highest BCUT2D eigenvalue weighted by molar-refractivity contribution is 5.99. The summed E-state index contributed by atoms with van der Waals surface area (Å²) in [5, 5.41) is 41.2. The number of H-pyrrole nitrogens is 1. The maximum Gasteiger partial charge on any atom is 0.322 e. The molecule has 1 aliphatic heterocycles. The summed E-state index contributed by atoms with van der Waals surface area (Å²) in [6, 6.07) is 4.77. The third-order valence-electron chi connectivity index (χ3n) is 17.0. The standard InChI is InChI=1S/C69H111N15O12/c1-9-44(8)59(69(96)75-40-58(85)86)84-68(95)57(38-46-39-74-48-25-14-13-24-47(46)48)83-63(90)52(28-17-20-32-72)78-65(92)54(35-42(4)5)81-67(94)56(37-45-22-11-10-12-23-45)82-62(89)51(27-16-19-31-71)77-64(91)53(34-41(2)3)80-66(93)55(36-43(6)7)79-61(88)50(26-15-18-30-70)76-60(87)49-29-21-33-73-49/h10-14,22-25,39,41-44,49-57,59,73-74H,9,15-21,26-38,40,70-72H2,1-8H3,(H,75,96)(H,76,87)(H,77,91)(H,78,92)(H,79,88)(H,80,93)(H,81,94)(H,82,89)(H,83,90)(H,84,95)(H,85,86)/t44-,49-,50-,51-,52-,53-,54-,55-,56-,57-,59-/m0/s1. The zero-order valence-electron chi connectivity index (χ0n) is 57.6. The summed E-state index contributed by atoms with van der Waals surface area (Å²) in [6.07, 6.45) is 7.10. The van der Waals surface area contributed by atoms with Crippen LogP contribution in [0.25, 0.3) is 10.9 Å². The number of hydrogen-bond acceptors (Lipinski definition) is 15. The van der Waals surface area contributed by atoms with Gasteiger partial charge in [0.2, 0.25) is 59.1 Å². The fourth-order valence-electron chi connectivity index (χ4n) is 11.5. The van der Waals surface area contributed by atoms with Crippen molar-refractivity contribution in [3.05, 3.63) is 71.9 Å². The van der Waals surface area contributed by atoms with E-state index < -0.39 is 132 Å². The maximum atomic E-state index is 14.9. The number of carboxylic acid groups (broad SMARTS) is 1. The quantitative estimate of drug-likeness (QED) is 0.0359. The van der Waals surface area contributed by atoms with E-state index in [1.165, 1.54) is 0 Å². The molecular weight excluding hydrogens is 1230 g/mol. The predicted octanol–water partition coefficient (Wildman–Crippen LogP) is 1.84.